The van der Waals surface area contributed by atoms with Crippen molar-refractivity contribution in [2.24, 2.45) is 23.7 Å². The number of hydrogen-bond acceptors (Lipinski definition) is 4. The highest BCUT2D eigenvalue weighted by Gasteiger charge is 2.48. The molecule has 0 bridgehead atoms. The average Bonchev–Trinajstić information content (AvgIpc) is 3.04. The minimum absolute atomic E-state index is 0.0204. The van der Waals surface area contributed by atoms with Gasteiger partial charge in [-0.3, -0.25) is 9.69 Å². The second-order valence-electron chi connectivity index (χ2n) is 8.39. The Morgan fingerprint density at radius 2 is 2.16 bits per heavy atom. The summed E-state index contributed by atoms with van der Waals surface area (Å²) in [5.41, 5.74) is 3.10. The van der Waals surface area contributed by atoms with E-state index in [9.17, 15) is 4.79 Å². The van der Waals surface area contributed by atoms with E-state index in [1.165, 1.54) is 31.5 Å². The molecule has 1 N–H and O–H groups in total. The van der Waals surface area contributed by atoms with E-state index in [1.54, 1.807) is 12.7 Å². The molecule has 6 atom stereocenters. The predicted octanol–water partition coefficient (Wildman–Crippen LogP) is 2.64. The first-order valence-corrected chi connectivity index (χ1v) is 9.92. The molecular weight excluding hydrogens is 312 g/mol. The number of allylic oxidation sites excluding steroid dienone is 2. The van der Waals surface area contributed by atoms with Crippen LogP contribution in [0.5, 0.6) is 0 Å². The first-order valence-electron chi connectivity index (χ1n) is 9.92. The van der Waals surface area contributed by atoms with Crippen molar-refractivity contribution in [3.8, 4) is 0 Å². The summed E-state index contributed by atoms with van der Waals surface area (Å²) >= 11 is 0. The number of fused-ring (bicyclic) bond motifs is 5. The molecule has 1 saturated heterocycles. The summed E-state index contributed by atoms with van der Waals surface area (Å²) in [5.74, 6) is 1.83. The maximum absolute atomic E-state index is 12.3. The number of ether oxygens (including phenoxy) is 1. The number of esters is 1. The van der Waals surface area contributed by atoms with Gasteiger partial charge >= 0.3 is 5.97 Å². The quantitative estimate of drug-likeness (QED) is 0.745. The van der Waals surface area contributed by atoms with E-state index >= 15 is 0 Å². The van der Waals surface area contributed by atoms with Gasteiger partial charge in [0.05, 0.1) is 19.1 Å². The second kappa shape index (κ2) is 6.01. The van der Waals surface area contributed by atoms with Crippen molar-refractivity contribution in [2.75, 3.05) is 20.2 Å². The molecule has 0 aromatic heterocycles. The Balaban J connectivity index is 1.43. The maximum atomic E-state index is 12.3. The average molecular weight is 340 g/mol. The van der Waals surface area contributed by atoms with Crippen molar-refractivity contribution in [3.05, 3.63) is 35.6 Å². The van der Waals surface area contributed by atoms with E-state index < -0.39 is 0 Å². The van der Waals surface area contributed by atoms with Gasteiger partial charge in [-0.2, -0.15) is 0 Å². The van der Waals surface area contributed by atoms with E-state index in [1.807, 2.05) is 0 Å². The number of rotatable bonds is 1. The van der Waals surface area contributed by atoms with Gasteiger partial charge in [0.25, 0.3) is 0 Å². The largest absolute Gasteiger partial charge is 0.469 e. The molecule has 0 aromatic rings. The molecule has 5 aliphatic rings. The van der Waals surface area contributed by atoms with Crippen LogP contribution >= 0.6 is 0 Å². The first kappa shape index (κ1) is 15.7. The van der Waals surface area contributed by atoms with Crippen molar-refractivity contribution in [1.82, 2.24) is 10.2 Å². The van der Waals surface area contributed by atoms with Crippen molar-refractivity contribution in [2.45, 2.75) is 44.2 Å². The van der Waals surface area contributed by atoms with E-state index in [2.05, 4.69) is 34.5 Å². The zero-order chi connectivity index (χ0) is 17.0. The van der Waals surface area contributed by atoms with E-state index in [-0.39, 0.29) is 11.9 Å². The van der Waals surface area contributed by atoms with Gasteiger partial charge in [-0.05, 0) is 43.1 Å². The van der Waals surface area contributed by atoms with Crippen LogP contribution in [-0.2, 0) is 9.53 Å². The van der Waals surface area contributed by atoms with Gasteiger partial charge in [-0.25, -0.2) is 0 Å². The lowest BCUT2D eigenvalue weighted by atomic mass is 9.66. The third-order valence-electron chi connectivity index (χ3n) is 7.33. The molecule has 5 rings (SSSR count). The lowest BCUT2D eigenvalue weighted by Gasteiger charge is -2.50. The molecule has 3 aliphatic heterocycles. The highest BCUT2D eigenvalue weighted by molar-refractivity contribution is 5.72. The van der Waals surface area contributed by atoms with Crippen LogP contribution in [0, 0.1) is 23.7 Å². The lowest BCUT2D eigenvalue weighted by molar-refractivity contribution is -0.151. The summed E-state index contributed by atoms with van der Waals surface area (Å²) in [6.07, 6.45) is 14.8. The molecule has 2 fully saturated rings. The van der Waals surface area contributed by atoms with Crippen LogP contribution in [0.15, 0.2) is 35.6 Å². The van der Waals surface area contributed by atoms with Crippen LogP contribution < -0.4 is 5.32 Å². The number of piperidine rings is 1. The molecule has 134 valence electrons. The summed E-state index contributed by atoms with van der Waals surface area (Å²) < 4.78 is 5.14. The Morgan fingerprint density at radius 1 is 1.28 bits per heavy atom. The van der Waals surface area contributed by atoms with Gasteiger partial charge in [-0.15, -0.1) is 0 Å². The lowest BCUT2D eigenvalue weighted by Crippen LogP contribution is -2.55. The Labute approximate surface area is 150 Å². The third-order valence-corrected chi connectivity index (χ3v) is 7.33. The van der Waals surface area contributed by atoms with Crippen LogP contribution in [-0.4, -0.2) is 43.2 Å². The van der Waals surface area contributed by atoms with E-state index in [0.717, 1.165) is 19.4 Å². The minimum atomic E-state index is 0.0204. The zero-order valence-corrected chi connectivity index (χ0v) is 15.0. The summed E-state index contributed by atoms with van der Waals surface area (Å²) in [4.78, 5) is 15.0. The minimum Gasteiger partial charge on any atom is -0.469 e. The fraction of sp³-hybridized carbons (Fsp3) is 0.667. The summed E-state index contributed by atoms with van der Waals surface area (Å²) in [6.45, 7) is 2.33. The number of nitrogens with zero attached hydrogens (tertiary/aromatic N) is 1. The Morgan fingerprint density at radius 3 is 3.04 bits per heavy atom. The van der Waals surface area contributed by atoms with Crippen molar-refractivity contribution in [1.29, 1.82) is 0 Å². The van der Waals surface area contributed by atoms with Crippen LogP contribution in [0.2, 0.25) is 0 Å². The van der Waals surface area contributed by atoms with Gasteiger partial charge < -0.3 is 10.1 Å². The van der Waals surface area contributed by atoms with Crippen LogP contribution in [0.25, 0.3) is 0 Å². The highest BCUT2D eigenvalue weighted by atomic mass is 16.5. The first-order chi connectivity index (χ1) is 12.3. The van der Waals surface area contributed by atoms with E-state index in [4.69, 9.17) is 4.74 Å². The molecule has 4 nitrogen and oxygen atoms in total. The molecule has 3 unspecified atom stereocenters. The highest BCUT2D eigenvalue weighted by Crippen LogP contribution is 2.47. The molecule has 2 aliphatic carbocycles. The van der Waals surface area contributed by atoms with Crippen LogP contribution in [0.3, 0.4) is 0 Å². The van der Waals surface area contributed by atoms with Crippen molar-refractivity contribution >= 4 is 5.97 Å². The Bertz CT molecular complexity index is 665. The normalized spacial score (nSPS) is 42.1. The second-order valence-corrected chi connectivity index (χ2v) is 8.39. The SMILES string of the molecule is COC(=O)C1CCC[C@H]2CN3CCC4=C(NC5C=CC=CC45)[C@H]3C[C@@H]12. The van der Waals surface area contributed by atoms with Crippen LogP contribution in [0.4, 0.5) is 0 Å². The number of carbonyl (C=O) groups excluding carboxylic acids is 1. The number of methoxy groups -OCH3 is 1. The molecular formula is C21H28N2O2. The number of nitrogens with one attached hydrogen (secondary N) is 1. The predicted molar refractivity (Wildman–Crippen MR) is 96.7 cm³/mol. The molecule has 1 saturated carbocycles. The number of hydrogen-bond donors (Lipinski definition) is 1. The van der Waals surface area contributed by atoms with Gasteiger partial charge in [0, 0.05) is 30.7 Å². The molecule has 3 heterocycles. The van der Waals surface area contributed by atoms with Crippen molar-refractivity contribution < 1.29 is 9.53 Å². The molecule has 0 radical (unpaired) electrons. The standard InChI is InChI=1S/C21H28N2O2/c1-25-21(24)16-7-4-5-13-12-23-10-9-15-14-6-2-3-8-18(14)22-20(15)19(23)11-17(13)16/h2-3,6,8,13-14,16-19,22H,4-5,7,9-12H2,1H3/t13-,14?,16?,17+,18?,19+/m0/s1. The molecule has 0 amide bonds. The smallest absolute Gasteiger partial charge is 0.308 e. The molecule has 25 heavy (non-hydrogen) atoms. The number of carbonyl (C=O) groups is 1. The van der Waals surface area contributed by atoms with Gasteiger partial charge in [0.1, 0.15) is 0 Å². The maximum Gasteiger partial charge on any atom is 0.308 e. The summed E-state index contributed by atoms with van der Waals surface area (Å²) in [6, 6.07) is 0.915. The zero-order valence-electron chi connectivity index (χ0n) is 15.0. The van der Waals surface area contributed by atoms with E-state index in [0.29, 0.717) is 29.8 Å². The molecule has 4 heteroatoms. The topological polar surface area (TPSA) is 41.6 Å². The van der Waals surface area contributed by atoms with Gasteiger partial charge in [0.2, 0.25) is 0 Å². The Kier molecular flexibility index (Phi) is 3.77. The fourth-order valence-corrected chi connectivity index (χ4v) is 6.17. The van der Waals surface area contributed by atoms with Crippen LogP contribution in [0.1, 0.15) is 32.1 Å². The molecule has 0 spiro atoms. The third kappa shape index (κ3) is 2.41. The summed E-state index contributed by atoms with van der Waals surface area (Å²) in [5, 5.41) is 3.83. The fourth-order valence-electron chi connectivity index (χ4n) is 6.17. The monoisotopic (exact) mass is 340 g/mol. The van der Waals surface area contributed by atoms with Gasteiger partial charge in [0.15, 0.2) is 0 Å². The van der Waals surface area contributed by atoms with Crippen molar-refractivity contribution in [3.63, 3.8) is 0 Å². The Hall–Kier alpha value is -1.55. The molecule has 0 aromatic carbocycles. The summed E-state index contributed by atoms with van der Waals surface area (Å²) in [7, 11) is 1.55. The van der Waals surface area contributed by atoms with Gasteiger partial charge in [-0.1, -0.05) is 30.7 Å².